The number of carbonyl (C=O) groups excluding carboxylic acids is 2. The number of carbonyl (C=O) groups is 2. The summed E-state index contributed by atoms with van der Waals surface area (Å²) in [6.45, 7) is 7.10. The lowest BCUT2D eigenvalue weighted by Crippen LogP contribution is -2.49. The Morgan fingerprint density at radius 2 is 1.51 bits per heavy atom. The molecule has 0 fully saturated rings. The highest BCUT2D eigenvalue weighted by molar-refractivity contribution is 9.10. The molecule has 2 rings (SSSR count). The van der Waals surface area contributed by atoms with Crippen molar-refractivity contribution in [3.8, 4) is 0 Å². The standard InChI is InChI=1S/C28H37BrF2N2O4/c1-4-7-8-25(34)26(35)24(13-18-11-22(30)17-23(31)12-18)32-27(36)19-14-20(16-21(29)15-19)28(37)33(9-5-2)10-6-3/h11-12,14-17,24-26,34-35H,4-10,13H2,1-3H3,(H,32,36). The second kappa shape index (κ2) is 15.1. The fraction of sp³-hybridized carbons (Fsp3) is 0.500. The van der Waals surface area contributed by atoms with E-state index in [1.807, 2.05) is 20.8 Å². The molecule has 0 radical (unpaired) electrons. The number of hydrogen-bond donors (Lipinski definition) is 3. The average molecular weight is 584 g/mol. The summed E-state index contributed by atoms with van der Waals surface area (Å²) in [4.78, 5) is 28.1. The second-order valence-electron chi connectivity index (χ2n) is 9.28. The Hall–Kier alpha value is -2.36. The van der Waals surface area contributed by atoms with E-state index in [0.717, 1.165) is 37.5 Å². The lowest BCUT2D eigenvalue weighted by molar-refractivity contribution is -0.00815. The Labute approximate surface area is 226 Å². The van der Waals surface area contributed by atoms with Gasteiger partial charge in [0, 0.05) is 34.8 Å². The van der Waals surface area contributed by atoms with Crippen molar-refractivity contribution in [1.29, 1.82) is 0 Å². The normalized spacial score (nSPS) is 13.6. The topological polar surface area (TPSA) is 89.9 Å². The monoisotopic (exact) mass is 582 g/mol. The van der Waals surface area contributed by atoms with Gasteiger partial charge in [-0.2, -0.15) is 0 Å². The van der Waals surface area contributed by atoms with Crippen LogP contribution in [-0.4, -0.2) is 58.3 Å². The van der Waals surface area contributed by atoms with E-state index in [4.69, 9.17) is 0 Å². The Balaban J connectivity index is 2.34. The van der Waals surface area contributed by atoms with Gasteiger partial charge < -0.3 is 20.4 Å². The van der Waals surface area contributed by atoms with E-state index in [1.165, 1.54) is 6.07 Å². The maximum Gasteiger partial charge on any atom is 0.253 e. The first-order chi connectivity index (χ1) is 17.6. The summed E-state index contributed by atoms with van der Waals surface area (Å²) in [6, 6.07) is 6.64. The van der Waals surface area contributed by atoms with Crippen LogP contribution >= 0.6 is 15.9 Å². The molecule has 0 spiro atoms. The lowest BCUT2D eigenvalue weighted by Gasteiger charge is -2.28. The quantitative estimate of drug-likeness (QED) is 0.284. The molecule has 2 amide bonds. The molecule has 0 heterocycles. The fourth-order valence-corrected chi connectivity index (χ4v) is 4.72. The van der Waals surface area contributed by atoms with Crippen LogP contribution in [0.4, 0.5) is 8.78 Å². The molecule has 0 saturated heterocycles. The summed E-state index contributed by atoms with van der Waals surface area (Å²) >= 11 is 3.37. The largest absolute Gasteiger partial charge is 0.390 e. The van der Waals surface area contributed by atoms with Crippen LogP contribution in [0.2, 0.25) is 0 Å². The molecule has 204 valence electrons. The number of nitrogens with one attached hydrogen (secondary N) is 1. The first-order valence-electron chi connectivity index (χ1n) is 12.8. The van der Waals surface area contributed by atoms with Crippen LogP contribution in [0, 0.1) is 11.6 Å². The molecule has 0 saturated carbocycles. The second-order valence-corrected chi connectivity index (χ2v) is 10.2. The number of rotatable bonds is 14. The maximum absolute atomic E-state index is 13.8. The van der Waals surface area contributed by atoms with Crippen molar-refractivity contribution in [3.05, 3.63) is 69.2 Å². The Kier molecular flexibility index (Phi) is 12.6. The summed E-state index contributed by atoms with van der Waals surface area (Å²) in [5.41, 5.74) is 0.745. The number of nitrogens with zero attached hydrogens (tertiary/aromatic N) is 1. The van der Waals surface area contributed by atoms with Crippen molar-refractivity contribution < 1.29 is 28.6 Å². The molecule has 3 unspecified atom stereocenters. The molecule has 0 aliphatic rings. The summed E-state index contributed by atoms with van der Waals surface area (Å²) in [5.74, 6) is -2.34. The van der Waals surface area contributed by atoms with Gasteiger partial charge in [0.1, 0.15) is 17.7 Å². The lowest BCUT2D eigenvalue weighted by atomic mass is 9.94. The van der Waals surface area contributed by atoms with Crippen LogP contribution in [0.5, 0.6) is 0 Å². The van der Waals surface area contributed by atoms with Gasteiger partial charge in [-0.1, -0.05) is 49.5 Å². The van der Waals surface area contributed by atoms with E-state index in [-0.39, 0.29) is 23.5 Å². The van der Waals surface area contributed by atoms with E-state index >= 15 is 0 Å². The van der Waals surface area contributed by atoms with Crippen molar-refractivity contribution in [1.82, 2.24) is 10.2 Å². The van der Waals surface area contributed by atoms with Gasteiger partial charge in [-0.15, -0.1) is 0 Å². The Morgan fingerprint density at radius 1 is 0.919 bits per heavy atom. The number of halogens is 3. The first kappa shape index (κ1) is 30.9. The molecular formula is C28H37BrF2N2O4. The van der Waals surface area contributed by atoms with Gasteiger partial charge in [-0.05, 0) is 61.6 Å². The van der Waals surface area contributed by atoms with Gasteiger partial charge in [0.15, 0.2) is 0 Å². The summed E-state index contributed by atoms with van der Waals surface area (Å²) in [5, 5.41) is 24.1. The number of benzene rings is 2. The molecule has 37 heavy (non-hydrogen) atoms. The summed E-state index contributed by atoms with van der Waals surface area (Å²) in [6.07, 6.45) is 0.753. The summed E-state index contributed by atoms with van der Waals surface area (Å²) in [7, 11) is 0. The van der Waals surface area contributed by atoms with Crippen LogP contribution in [0.1, 0.15) is 79.2 Å². The third kappa shape index (κ3) is 9.47. The maximum atomic E-state index is 13.8. The number of unbranched alkanes of at least 4 members (excludes halogenated alkanes) is 1. The molecule has 0 aliphatic carbocycles. The molecule has 0 bridgehead atoms. The minimum Gasteiger partial charge on any atom is -0.390 e. The zero-order valence-corrected chi connectivity index (χ0v) is 23.2. The number of hydrogen-bond acceptors (Lipinski definition) is 4. The molecule has 0 aliphatic heterocycles. The average Bonchev–Trinajstić information content (AvgIpc) is 2.84. The van der Waals surface area contributed by atoms with E-state index in [1.54, 1.807) is 17.0 Å². The van der Waals surface area contributed by atoms with Gasteiger partial charge in [-0.3, -0.25) is 9.59 Å². The molecule has 2 aromatic carbocycles. The third-order valence-electron chi connectivity index (χ3n) is 6.04. The molecule has 9 heteroatoms. The fourth-order valence-electron chi connectivity index (χ4n) is 4.23. The van der Waals surface area contributed by atoms with Gasteiger partial charge >= 0.3 is 0 Å². The highest BCUT2D eigenvalue weighted by atomic mass is 79.9. The van der Waals surface area contributed by atoms with Crippen LogP contribution in [0.3, 0.4) is 0 Å². The van der Waals surface area contributed by atoms with Crippen LogP contribution in [0.15, 0.2) is 40.9 Å². The van der Waals surface area contributed by atoms with Crippen molar-refractivity contribution in [3.63, 3.8) is 0 Å². The van der Waals surface area contributed by atoms with E-state index in [9.17, 15) is 28.6 Å². The van der Waals surface area contributed by atoms with Gasteiger partial charge in [0.25, 0.3) is 11.8 Å². The van der Waals surface area contributed by atoms with Crippen molar-refractivity contribution in [2.75, 3.05) is 13.1 Å². The van der Waals surface area contributed by atoms with Crippen molar-refractivity contribution in [2.24, 2.45) is 0 Å². The van der Waals surface area contributed by atoms with Gasteiger partial charge in [0.05, 0.1) is 12.1 Å². The Bertz CT molecular complexity index is 1030. The van der Waals surface area contributed by atoms with Crippen molar-refractivity contribution >= 4 is 27.7 Å². The highest BCUT2D eigenvalue weighted by Crippen LogP contribution is 2.20. The number of amides is 2. The van der Waals surface area contributed by atoms with E-state index in [2.05, 4.69) is 21.2 Å². The predicted molar refractivity (Wildman–Crippen MR) is 143 cm³/mol. The van der Waals surface area contributed by atoms with E-state index < -0.39 is 35.8 Å². The number of aliphatic hydroxyl groups excluding tert-OH is 2. The molecule has 6 nitrogen and oxygen atoms in total. The summed E-state index contributed by atoms with van der Waals surface area (Å²) < 4.78 is 28.1. The zero-order valence-electron chi connectivity index (χ0n) is 21.6. The molecule has 0 aromatic heterocycles. The van der Waals surface area contributed by atoms with Crippen LogP contribution < -0.4 is 5.32 Å². The van der Waals surface area contributed by atoms with Crippen LogP contribution in [0.25, 0.3) is 0 Å². The minimum atomic E-state index is -1.38. The molecule has 3 N–H and O–H groups in total. The SMILES string of the molecule is CCCCC(O)C(O)C(Cc1cc(F)cc(F)c1)NC(=O)c1cc(Br)cc(C(=O)N(CCC)CCC)c1. The van der Waals surface area contributed by atoms with Gasteiger partial charge in [-0.25, -0.2) is 8.78 Å². The van der Waals surface area contributed by atoms with Gasteiger partial charge in [0.2, 0.25) is 0 Å². The first-order valence-corrected chi connectivity index (χ1v) is 13.6. The van der Waals surface area contributed by atoms with Crippen molar-refractivity contribution in [2.45, 2.75) is 77.5 Å². The minimum absolute atomic E-state index is 0.106. The smallest absolute Gasteiger partial charge is 0.253 e. The Morgan fingerprint density at radius 3 is 2.08 bits per heavy atom. The molecule has 2 aromatic rings. The molecular weight excluding hydrogens is 546 g/mol. The third-order valence-corrected chi connectivity index (χ3v) is 6.49. The molecule has 3 atom stereocenters. The van der Waals surface area contributed by atoms with Crippen LogP contribution in [-0.2, 0) is 6.42 Å². The predicted octanol–water partition coefficient (Wildman–Crippen LogP) is 5.24. The highest BCUT2D eigenvalue weighted by Gasteiger charge is 2.29. The zero-order chi connectivity index (χ0) is 27.5. The van der Waals surface area contributed by atoms with E-state index in [0.29, 0.717) is 36.0 Å². The number of aliphatic hydroxyl groups is 2.